The number of benzene rings is 2. The van der Waals surface area contributed by atoms with Gasteiger partial charge in [0, 0.05) is 18.3 Å². The molecular weight excluding hydrogens is 389 g/mol. The fourth-order valence-corrected chi connectivity index (χ4v) is 2.48. The normalized spacial score (nSPS) is 11.5. The zero-order chi connectivity index (χ0) is 21.6. The number of amides is 3. The van der Waals surface area contributed by atoms with Crippen molar-refractivity contribution in [1.29, 1.82) is 0 Å². The van der Waals surface area contributed by atoms with Crippen molar-refractivity contribution in [3.8, 4) is 0 Å². The topological polar surface area (TPSA) is 91.7 Å². The smallest absolute Gasteiger partial charge is 0.279 e. The number of carbonyl (C=O) groups excluding carboxylic acids is 3. The van der Waals surface area contributed by atoms with Crippen LogP contribution >= 0.6 is 0 Å². The van der Waals surface area contributed by atoms with E-state index in [0.717, 1.165) is 6.07 Å². The van der Waals surface area contributed by atoms with Gasteiger partial charge in [-0.2, -0.15) is 0 Å². The van der Waals surface area contributed by atoms with Gasteiger partial charge in [0.2, 0.25) is 0 Å². The van der Waals surface area contributed by atoms with Crippen molar-refractivity contribution < 1.29 is 32.5 Å². The number of hydrogen-bond donors (Lipinski definition) is 4. The highest BCUT2D eigenvalue weighted by molar-refractivity contribution is 5.96. The Labute approximate surface area is 164 Å². The molecule has 1 unspecified atom stereocenters. The van der Waals surface area contributed by atoms with Crippen molar-refractivity contribution in [3.05, 3.63) is 59.4 Å². The minimum Gasteiger partial charge on any atom is -0.355 e. The van der Waals surface area contributed by atoms with Crippen LogP contribution < -0.4 is 20.9 Å². The predicted octanol–water partition coefficient (Wildman–Crippen LogP) is 0.555. The Balaban J connectivity index is 1.86. The first-order valence-electron chi connectivity index (χ1n) is 8.58. The fourth-order valence-electron chi connectivity index (χ4n) is 2.48. The van der Waals surface area contributed by atoms with Crippen LogP contribution in [-0.2, 0) is 9.59 Å². The molecule has 0 spiro atoms. The van der Waals surface area contributed by atoms with Gasteiger partial charge in [-0.1, -0.05) is 0 Å². The Morgan fingerprint density at radius 2 is 1.45 bits per heavy atom. The van der Waals surface area contributed by atoms with Crippen molar-refractivity contribution >= 4 is 29.1 Å². The summed E-state index contributed by atoms with van der Waals surface area (Å²) in [7, 11) is 3.07. The molecule has 29 heavy (non-hydrogen) atoms. The zero-order valence-corrected chi connectivity index (χ0v) is 15.7. The molecule has 0 aromatic heterocycles. The lowest BCUT2D eigenvalue weighted by Crippen LogP contribution is -3.11. The van der Waals surface area contributed by atoms with Gasteiger partial charge in [-0.05, 0) is 36.4 Å². The molecular formula is C19H20F3N4O3+. The number of hydrogen-bond acceptors (Lipinski definition) is 3. The number of quaternary nitrogens is 1. The van der Waals surface area contributed by atoms with E-state index in [9.17, 15) is 27.6 Å². The number of carbonyl (C=O) groups is 3. The van der Waals surface area contributed by atoms with Gasteiger partial charge in [0.1, 0.15) is 0 Å². The van der Waals surface area contributed by atoms with Crippen LogP contribution in [0.1, 0.15) is 10.4 Å². The van der Waals surface area contributed by atoms with Gasteiger partial charge in [0.05, 0.1) is 12.7 Å². The summed E-state index contributed by atoms with van der Waals surface area (Å²) >= 11 is 0. The molecule has 0 bridgehead atoms. The van der Waals surface area contributed by atoms with Gasteiger partial charge in [-0.3, -0.25) is 14.4 Å². The van der Waals surface area contributed by atoms with E-state index >= 15 is 0 Å². The molecule has 0 aliphatic carbocycles. The highest BCUT2D eigenvalue weighted by atomic mass is 19.2. The summed E-state index contributed by atoms with van der Waals surface area (Å²) in [6.45, 7) is -0.285. The highest BCUT2D eigenvalue weighted by Crippen LogP contribution is 2.19. The lowest BCUT2D eigenvalue weighted by atomic mass is 10.2. The lowest BCUT2D eigenvalue weighted by Gasteiger charge is -2.14. The maximum absolute atomic E-state index is 13.6. The van der Waals surface area contributed by atoms with Crippen molar-refractivity contribution in [2.24, 2.45) is 0 Å². The van der Waals surface area contributed by atoms with Gasteiger partial charge in [-0.15, -0.1) is 0 Å². The molecule has 0 radical (unpaired) electrons. The minimum absolute atomic E-state index is 0.0785. The quantitative estimate of drug-likeness (QED) is 0.504. The number of halogens is 3. The third kappa shape index (κ3) is 6.04. The molecule has 154 valence electrons. The summed E-state index contributed by atoms with van der Waals surface area (Å²) in [4.78, 5) is 36.0. The maximum atomic E-state index is 13.6. The first-order chi connectivity index (χ1) is 13.7. The van der Waals surface area contributed by atoms with Gasteiger partial charge < -0.3 is 20.9 Å². The fraction of sp³-hybridized carbons (Fsp3) is 0.211. The summed E-state index contributed by atoms with van der Waals surface area (Å²) in [6.07, 6.45) is 0. The van der Waals surface area contributed by atoms with Gasteiger partial charge >= 0.3 is 0 Å². The van der Waals surface area contributed by atoms with Crippen LogP contribution in [0.5, 0.6) is 0 Å². The van der Waals surface area contributed by atoms with Crippen molar-refractivity contribution in [1.82, 2.24) is 5.32 Å². The van der Waals surface area contributed by atoms with Crippen LogP contribution in [0.15, 0.2) is 36.4 Å². The molecule has 0 saturated heterocycles. The lowest BCUT2D eigenvalue weighted by molar-refractivity contribution is -0.862. The molecule has 10 heteroatoms. The molecule has 0 aliphatic heterocycles. The molecule has 7 nitrogen and oxygen atoms in total. The second-order valence-corrected chi connectivity index (χ2v) is 6.29. The first-order valence-corrected chi connectivity index (χ1v) is 8.58. The monoisotopic (exact) mass is 409 g/mol. The molecule has 0 aliphatic rings. The average Bonchev–Trinajstić information content (AvgIpc) is 2.68. The zero-order valence-electron chi connectivity index (χ0n) is 15.7. The first kappa shape index (κ1) is 21.9. The van der Waals surface area contributed by atoms with E-state index in [4.69, 9.17) is 0 Å². The highest BCUT2D eigenvalue weighted by Gasteiger charge is 2.18. The molecule has 2 aromatic rings. The van der Waals surface area contributed by atoms with E-state index in [2.05, 4.69) is 16.0 Å². The second-order valence-electron chi connectivity index (χ2n) is 6.29. The van der Waals surface area contributed by atoms with E-state index in [1.807, 2.05) is 0 Å². The maximum Gasteiger partial charge on any atom is 0.279 e. The van der Waals surface area contributed by atoms with Gasteiger partial charge in [0.25, 0.3) is 17.7 Å². The van der Waals surface area contributed by atoms with Crippen LogP contribution in [-0.4, -0.2) is 44.9 Å². The predicted molar refractivity (Wildman–Crippen MR) is 100 cm³/mol. The van der Waals surface area contributed by atoms with E-state index < -0.39 is 29.0 Å². The Kier molecular flexibility index (Phi) is 7.32. The average molecular weight is 409 g/mol. The van der Waals surface area contributed by atoms with Crippen LogP contribution in [0.2, 0.25) is 0 Å². The van der Waals surface area contributed by atoms with Crippen LogP contribution in [0.4, 0.5) is 24.5 Å². The number of anilines is 2. The molecule has 4 N–H and O–H groups in total. The third-order valence-corrected chi connectivity index (χ3v) is 3.89. The van der Waals surface area contributed by atoms with Crippen LogP contribution in [0, 0.1) is 17.5 Å². The van der Waals surface area contributed by atoms with E-state index in [-0.39, 0.29) is 24.9 Å². The van der Waals surface area contributed by atoms with Crippen molar-refractivity contribution in [2.45, 2.75) is 0 Å². The number of rotatable bonds is 7. The second kappa shape index (κ2) is 9.69. The summed E-state index contributed by atoms with van der Waals surface area (Å²) in [5.41, 5.74) is 0.431. The molecule has 1 atom stereocenters. The number of likely N-dealkylation sites (N-methyl/N-ethyl adjacent to an activating group) is 1. The molecule has 3 amide bonds. The van der Waals surface area contributed by atoms with Gasteiger partial charge in [0.15, 0.2) is 30.5 Å². The number of nitrogens with one attached hydrogen (secondary N) is 4. The molecule has 2 aromatic carbocycles. The molecule has 0 fully saturated rings. The van der Waals surface area contributed by atoms with E-state index in [1.54, 1.807) is 31.3 Å². The third-order valence-electron chi connectivity index (χ3n) is 3.89. The van der Waals surface area contributed by atoms with E-state index in [0.29, 0.717) is 22.2 Å². The summed E-state index contributed by atoms with van der Waals surface area (Å²) in [6, 6.07) is 7.85. The molecule has 0 heterocycles. The van der Waals surface area contributed by atoms with Gasteiger partial charge in [-0.25, -0.2) is 13.2 Å². The van der Waals surface area contributed by atoms with Crippen LogP contribution in [0.3, 0.4) is 0 Å². The Hall–Kier alpha value is -3.40. The van der Waals surface area contributed by atoms with Crippen LogP contribution in [0.25, 0.3) is 0 Å². The van der Waals surface area contributed by atoms with Crippen molar-refractivity contribution in [2.75, 3.05) is 37.8 Å². The Bertz CT molecular complexity index is 920. The molecule has 0 saturated carbocycles. The van der Waals surface area contributed by atoms with E-state index in [1.165, 1.54) is 7.05 Å². The standard InChI is InChI=1S/C19H19F3N4O3/c1-23-19(29)11-3-5-12(6-4-11)24-15(27)9-26(2)10-16(28)25-14-8-7-13(20)17(21)18(14)22/h3-8H,9-10H2,1-2H3,(H,23,29)(H,24,27)(H,25,28)/p+1. The molecule has 2 rings (SSSR count). The largest absolute Gasteiger partial charge is 0.355 e. The summed E-state index contributed by atoms with van der Waals surface area (Å²) in [5, 5.41) is 7.25. The minimum atomic E-state index is -1.68. The SMILES string of the molecule is CNC(=O)c1ccc(NC(=O)C[NH+](C)CC(=O)Nc2ccc(F)c(F)c2F)cc1. The Morgan fingerprint density at radius 1 is 0.862 bits per heavy atom. The summed E-state index contributed by atoms with van der Waals surface area (Å²) in [5.74, 6) is -5.84. The Morgan fingerprint density at radius 3 is 2.03 bits per heavy atom. The summed E-state index contributed by atoms with van der Waals surface area (Å²) < 4.78 is 39.7. The van der Waals surface area contributed by atoms with Crippen molar-refractivity contribution in [3.63, 3.8) is 0 Å².